The first kappa shape index (κ1) is 15.2. The normalized spacial score (nSPS) is 21.3. The summed E-state index contributed by atoms with van der Waals surface area (Å²) in [7, 11) is 0. The van der Waals surface area contributed by atoms with Crippen molar-refractivity contribution in [2.24, 2.45) is 11.8 Å². The first-order valence-corrected chi connectivity index (χ1v) is 6.56. The van der Waals surface area contributed by atoms with E-state index in [-0.39, 0.29) is 5.75 Å². The average Bonchev–Trinajstić information content (AvgIpc) is 2.87. The van der Waals surface area contributed by atoms with E-state index in [1.54, 1.807) is 0 Å². The lowest BCUT2D eigenvalue weighted by molar-refractivity contribution is -0.145. The van der Waals surface area contributed by atoms with Gasteiger partial charge in [-0.05, 0) is 25.0 Å². The topological polar surface area (TPSA) is 75.6 Å². The molecule has 1 fully saturated rings. The van der Waals surface area contributed by atoms with Crippen molar-refractivity contribution in [3.8, 4) is 5.75 Å². The molecule has 0 bridgehead atoms. The smallest absolute Gasteiger partial charge is 0.387 e. The number of benzene rings is 1. The molecule has 1 aliphatic rings. The van der Waals surface area contributed by atoms with Gasteiger partial charge in [0.25, 0.3) is 0 Å². The molecule has 0 saturated heterocycles. The standard InChI is InChI=1S/C14H15F2NO4/c15-14(16)21-9-4-1-3-8(7-9)17-12(18)10-5-2-6-11(10)13(19)20/h1,3-4,7,10-11,14H,2,5-6H2,(H,17,18)(H,19,20). The third-order valence-electron chi connectivity index (χ3n) is 3.50. The van der Waals surface area contributed by atoms with Crippen LogP contribution in [0, 0.1) is 11.8 Å². The second-order valence-electron chi connectivity index (χ2n) is 4.88. The molecule has 1 aromatic carbocycles. The molecule has 0 aliphatic heterocycles. The molecule has 1 saturated carbocycles. The summed E-state index contributed by atoms with van der Waals surface area (Å²) in [6, 6.07) is 5.61. The summed E-state index contributed by atoms with van der Waals surface area (Å²) in [6.45, 7) is -2.94. The van der Waals surface area contributed by atoms with Gasteiger partial charge in [0.05, 0.1) is 11.8 Å². The summed E-state index contributed by atoms with van der Waals surface area (Å²) in [6.07, 6.45) is 1.67. The molecule has 7 heteroatoms. The van der Waals surface area contributed by atoms with Crippen LogP contribution in [0.2, 0.25) is 0 Å². The summed E-state index contributed by atoms with van der Waals surface area (Å²) >= 11 is 0. The summed E-state index contributed by atoms with van der Waals surface area (Å²) in [5.41, 5.74) is 0.300. The zero-order valence-electron chi connectivity index (χ0n) is 11.1. The number of hydrogen-bond donors (Lipinski definition) is 2. The maximum absolute atomic E-state index is 12.1. The van der Waals surface area contributed by atoms with E-state index >= 15 is 0 Å². The molecule has 0 aromatic heterocycles. The average molecular weight is 299 g/mol. The number of carboxylic acids is 1. The molecular formula is C14H15F2NO4. The molecule has 114 valence electrons. The van der Waals surface area contributed by atoms with Gasteiger partial charge in [0.15, 0.2) is 0 Å². The largest absolute Gasteiger partial charge is 0.481 e. The van der Waals surface area contributed by atoms with E-state index in [9.17, 15) is 18.4 Å². The second kappa shape index (κ2) is 6.51. The number of halogens is 2. The van der Waals surface area contributed by atoms with Crippen molar-refractivity contribution in [1.82, 2.24) is 0 Å². The van der Waals surface area contributed by atoms with Crippen molar-refractivity contribution in [1.29, 1.82) is 0 Å². The van der Waals surface area contributed by atoms with E-state index in [2.05, 4.69) is 10.1 Å². The maximum atomic E-state index is 12.1. The number of carbonyl (C=O) groups excluding carboxylic acids is 1. The van der Waals surface area contributed by atoms with Gasteiger partial charge in [0.2, 0.25) is 5.91 Å². The van der Waals surface area contributed by atoms with Gasteiger partial charge < -0.3 is 15.2 Å². The number of aliphatic carboxylic acids is 1. The highest BCUT2D eigenvalue weighted by atomic mass is 19.3. The minimum absolute atomic E-state index is 0.0657. The van der Waals surface area contributed by atoms with Crippen LogP contribution in [-0.4, -0.2) is 23.6 Å². The van der Waals surface area contributed by atoms with Crippen LogP contribution in [-0.2, 0) is 9.59 Å². The highest BCUT2D eigenvalue weighted by Crippen LogP contribution is 2.33. The van der Waals surface area contributed by atoms with Crippen LogP contribution in [0.3, 0.4) is 0 Å². The number of carboxylic acid groups (broad SMARTS) is 1. The summed E-state index contributed by atoms with van der Waals surface area (Å²) < 4.78 is 28.5. The lowest BCUT2D eigenvalue weighted by atomic mass is 9.95. The van der Waals surface area contributed by atoms with Crippen LogP contribution in [0.25, 0.3) is 0 Å². The molecule has 1 aliphatic carbocycles. The Morgan fingerprint density at radius 3 is 2.67 bits per heavy atom. The summed E-state index contributed by atoms with van der Waals surface area (Å²) in [5.74, 6) is -2.74. The van der Waals surface area contributed by atoms with E-state index < -0.39 is 30.3 Å². The molecule has 1 aromatic rings. The fraction of sp³-hybridized carbons (Fsp3) is 0.429. The monoisotopic (exact) mass is 299 g/mol. The van der Waals surface area contributed by atoms with Gasteiger partial charge in [-0.15, -0.1) is 0 Å². The van der Waals surface area contributed by atoms with E-state index in [1.807, 2.05) is 0 Å². The highest BCUT2D eigenvalue weighted by Gasteiger charge is 2.37. The number of alkyl halides is 2. The molecular weight excluding hydrogens is 284 g/mol. The third kappa shape index (κ3) is 3.90. The van der Waals surface area contributed by atoms with Crippen LogP contribution in [0.4, 0.5) is 14.5 Å². The predicted octanol–water partition coefficient (Wildman–Crippen LogP) is 2.73. The highest BCUT2D eigenvalue weighted by molar-refractivity contribution is 5.95. The number of amides is 1. The third-order valence-corrected chi connectivity index (χ3v) is 3.50. The molecule has 2 atom stereocenters. The Morgan fingerprint density at radius 1 is 1.29 bits per heavy atom. The minimum atomic E-state index is -2.94. The first-order valence-electron chi connectivity index (χ1n) is 6.56. The lowest BCUT2D eigenvalue weighted by Crippen LogP contribution is -2.29. The second-order valence-corrected chi connectivity index (χ2v) is 4.88. The number of hydrogen-bond acceptors (Lipinski definition) is 3. The molecule has 1 amide bonds. The van der Waals surface area contributed by atoms with Gasteiger partial charge >= 0.3 is 12.6 Å². The summed E-state index contributed by atoms with van der Waals surface area (Å²) in [5, 5.41) is 11.6. The van der Waals surface area contributed by atoms with Crippen molar-refractivity contribution < 1.29 is 28.2 Å². The minimum Gasteiger partial charge on any atom is -0.481 e. The maximum Gasteiger partial charge on any atom is 0.387 e. The number of anilines is 1. The summed E-state index contributed by atoms with van der Waals surface area (Å²) in [4.78, 5) is 23.2. The molecule has 0 heterocycles. The van der Waals surface area contributed by atoms with E-state index in [1.165, 1.54) is 24.3 Å². The van der Waals surface area contributed by atoms with E-state index in [4.69, 9.17) is 5.11 Å². The quantitative estimate of drug-likeness (QED) is 0.876. The molecule has 2 rings (SSSR count). The van der Waals surface area contributed by atoms with Crippen LogP contribution in [0.15, 0.2) is 24.3 Å². The molecule has 0 radical (unpaired) electrons. The number of carbonyl (C=O) groups is 2. The number of ether oxygens (including phenoxy) is 1. The molecule has 0 spiro atoms. The Morgan fingerprint density at radius 2 is 2.00 bits per heavy atom. The van der Waals surface area contributed by atoms with E-state index in [0.29, 0.717) is 24.9 Å². The van der Waals surface area contributed by atoms with Gasteiger partial charge in [-0.25, -0.2) is 0 Å². The number of rotatable bonds is 5. The van der Waals surface area contributed by atoms with E-state index in [0.717, 1.165) is 0 Å². The van der Waals surface area contributed by atoms with Crippen molar-refractivity contribution in [3.05, 3.63) is 24.3 Å². The molecule has 5 nitrogen and oxygen atoms in total. The van der Waals surface area contributed by atoms with Crippen molar-refractivity contribution >= 4 is 17.6 Å². The Bertz CT molecular complexity index is 535. The van der Waals surface area contributed by atoms with Crippen molar-refractivity contribution in [2.75, 3.05) is 5.32 Å². The Labute approximate surface area is 119 Å². The van der Waals surface area contributed by atoms with Crippen LogP contribution in [0.1, 0.15) is 19.3 Å². The Kier molecular flexibility index (Phi) is 4.72. The van der Waals surface area contributed by atoms with Crippen molar-refractivity contribution in [3.63, 3.8) is 0 Å². The predicted molar refractivity (Wildman–Crippen MR) is 70.2 cm³/mol. The van der Waals surface area contributed by atoms with Gasteiger partial charge in [-0.1, -0.05) is 12.5 Å². The zero-order chi connectivity index (χ0) is 15.4. The van der Waals surface area contributed by atoms with Gasteiger partial charge in [-0.2, -0.15) is 8.78 Å². The SMILES string of the molecule is O=C(O)C1CCCC1C(=O)Nc1cccc(OC(F)F)c1. The van der Waals surface area contributed by atoms with Gasteiger partial charge in [0.1, 0.15) is 5.75 Å². The molecule has 21 heavy (non-hydrogen) atoms. The lowest BCUT2D eigenvalue weighted by Gasteiger charge is -2.16. The van der Waals surface area contributed by atoms with Crippen LogP contribution in [0.5, 0.6) is 5.75 Å². The molecule has 2 unspecified atom stereocenters. The molecule has 2 N–H and O–H groups in total. The first-order chi connectivity index (χ1) is 9.97. The Balaban J connectivity index is 2.04. The van der Waals surface area contributed by atoms with Gasteiger partial charge in [0, 0.05) is 11.8 Å². The number of nitrogens with one attached hydrogen (secondary N) is 1. The van der Waals surface area contributed by atoms with Crippen LogP contribution < -0.4 is 10.1 Å². The van der Waals surface area contributed by atoms with Crippen molar-refractivity contribution in [2.45, 2.75) is 25.9 Å². The van der Waals surface area contributed by atoms with Crippen LogP contribution >= 0.6 is 0 Å². The zero-order valence-corrected chi connectivity index (χ0v) is 11.1. The fourth-order valence-electron chi connectivity index (χ4n) is 2.55. The van der Waals surface area contributed by atoms with Gasteiger partial charge in [-0.3, -0.25) is 9.59 Å². The Hall–Kier alpha value is -2.18. The fourth-order valence-corrected chi connectivity index (χ4v) is 2.55.